The van der Waals surface area contributed by atoms with Crippen molar-refractivity contribution in [2.24, 2.45) is 5.41 Å². The molecule has 4 rings (SSSR count). The molecule has 3 atom stereocenters. The van der Waals surface area contributed by atoms with Crippen LogP contribution < -0.4 is 9.46 Å². The van der Waals surface area contributed by atoms with Gasteiger partial charge in [0, 0.05) is 18.6 Å². The SMILES string of the molecule is COC[C@@]12Cc3ccc(OC)cc3[C@@](C)(CC[C@@H]1NS(=O)(=O)c1ccc(C)cc1)C2. The molecule has 1 saturated carbocycles. The van der Waals surface area contributed by atoms with E-state index in [2.05, 4.69) is 23.8 Å². The Morgan fingerprint density at radius 2 is 1.87 bits per heavy atom. The quantitative estimate of drug-likeness (QED) is 0.754. The molecule has 0 aliphatic heterocycles. The molecule has 162 valence electrons. The Hall–Kier alpha value is -1.89. The van der Waals surface area contributed by atoms with Crippen molar-refractivity contribution >= 4 is 10.0 Å². The summed E-state index contributed by atoms with van der Waals surface area (Å²) in [7, 11) is -0.205. The highest BCUT2D eigenvalue weighted by atomic mass is 32.2. The molecule has 2 aliphatic carbocycles. The molecule has 0 amide bonds. The van der Waals surface area contributed by atoms with E-state index in [0.717, 1.165) is 37.0 Å². The molecule has 2 aromatic carbocycles. The Morgan fingerprint density at radius 1 is 1.13 bits per heavy atom. The van der Waals surface area contributed by atoms with Crippen LogP contribution in [0.3, 0.4) is 0 Å². The lowest BCUT2D eigenvalue weighted by molar-refractivity contribution is -0.00776. The standard InChI is InChI=1S/C24H31NO4S/c1-17-5-9-20(10-6-17)30(26,27)25-22-11-12-23(2)15-24(22,16-28-3)14-18-7-8-19(29-4)13-21(18)23/h5-10,13,22,25H,11-12,14-16H2,1-4H3/t22-,23-,24-/m0/s1. The fourth-order valence-electron chi connectivity index (χ4n) is 5.60. The molecule has 0 saturated heterocycles. The van der Waals surface area contributed by atoms with Crippen molar-refractivity contribution in [3.8, 4) is 5.75 Å². The Morgan fingerprint density at radius 3 is 2.53 bits per heavy atom. The lowest BCUT2D eigenvalue weighted by Gasteiger charge is -2.55. The number of methoxy groups -OCH3 is 2. The van der Waals surface area contributed by atoms with Crippen LogP contribution in [0.4, 0.5) is 0 Å². The molecule has 5 nitrogen and oxygen atoms in total. The summed E-state index contributed by atoms with van der Waals surface area (Å²) in [5.74, 6) is 0.872. The smallest absolute Gasteiger partial charge is 0.240 e. The van der Waals surface area contributed by atoms with Crippen molar-refractivity contribution in [3.63, 3.8) is 0 Å². The normalized spacial score (nSPS) is 28.1. The molecule has 0 heterocycles. The van der Waals surface area contributed by atoms with Crippen molar-refractivity contribution < 1.29 is 17.9 Å². The highest BCUT2D eigenvalue weighted by Gasteiger charge is 2.54. The first-order valence-electron chi connectivity index (χ1n) is 10.5. The van der Waals surface area contributed by atoms with Gasteiger partial charge in [0.05, 0.1) is 18.6 Å². The zero-order valence-electron chi connectivity index (χ0n) is 18.2. The van der Waals surface area contributed by atoms with Crippen LogP contribution in [-0.4, -0.2) is 35.3 Å². The van der Waals surface area contributed by atoms with E-state index in [1.807, 2.05) is 25.1 Å². The van der Waals surface area contributed by atoms with E-state index in [1.165, 1.54) is 11.1 Å². The number of fused-ring (bicyclic) bond motifs is 4. The van der Waals surface area contributed by atoms with Gasteiger partial charge >= 0.3 is 0 Å². The molecule has 0 unspecified atom stereocenters. The first-order chi connectivity index (χ1) is 14.2. The molecule has 1 fully saturated rings. The zero-order chi connectivity index (χ0) is 21.6. The van der Waals surface area contributed by atoms with Gasteiger partial charge in [-0.25, -0.2) is 13.1 Å². The molecule has 0 radical (unpaired) electrons. The lowest BCUT2D eigenvalue weighted by Crippen LogP contribution is -2.59. The van der Waals surface area contributed by atoms with Crippen LogP contribution >= 0.6 is 0 Å². The van der Waals surface area contributed by atoms with E-state index in [0.29, 0.717) is 11.5 Å². The summed E-state index contributed by atoms with van der Waals surface area (Å²) in [6.45, 7) is 4.77. The van der Waals surface area contributed by atoms with Crippen molar-refractivity contribution in [1.82, 2.24) is 4.72 Å². The van der Waals surface area contributed by atoms with Gasteiger partial charge in [0.25, 0.3) is 0 Å². The fourth-order valence-corrected chi connectivity index (χ4v) is 6.97. The predicted molar refractivity (Wildman–Crippen MR) is 117 cm³/mol. The van der Waals surface area contributed by atoms with Crippen molar-refractivity contribution in [2.45, 2.75) is 55.9 Å². The molecule has 2 aliphatic rings. The second-order valence-electron chi connectivity index (χ2n) is 9.26. The topological polar surface area (TPSA) is 64.6 Å². The minimum absolute atomic E-state index is 0.0214. The third kappa shape index (κ3) is 3.66. The average Bonchev–Trinajstić information content (AvgIpc) is 2.71. The number of aryl methyl sites for hydroxylation is 1. The van der Waals surface area contributed by atoms with Crippen LogP contribution in [0, 0.1) is 12.3 Å². The van der Waals surface area contributed by atoms with Gasteiger partial charge in [-0.2, -0.15) is 0 Å². The van der Waals surface area contributed by atoms with Gasteiger partial charge in [0.2, 0.25) is 10.0 Å². The van der Waals surface area contributed by atoms with Crippen molar-refractivity contribution in [1.29, 1.82) is 0 Å². The fraction of sp³-hybridized carbons (Fsp3) is 0.500. The number of sulfonamides is 1. The van der Waals surface area contributed by atoms with E-state index in [-0.39, 0.29) is 16.9 Å². The molecule has 0 aromatic heterocycles. The lowest BCUT2D eigenvalue weighted by atomic mass is 9.52. The summed E-state index contributed by atoms with van der Waals surface area (Å²) in [5.41, 5.74) is 3.33. The van der Waals surface area contributed by atoms with Crippen LogP contribution in [0.2, 0.25) is 0 Å². The molecule has 6 heteroatoms. The Bertz CT molecular complexity index is 1030. The minimum atomic E-state index is -3.60. The monoisotopic (exact) mass is 429 g/mol. The number of hydrogen-bond acceptors (Lipinski definition) is 4. The summed E-state index contributed by atoms with van der Waals surface area (Å²) < 4.78 is 40.5. The summed E-state index contributed by atoms with van der Waals surface area (Å²) in [6.07, 6.45) is 3.37. The first kappa shape index (κ1) is 21.3. The van der Waals surface area contributed by atoms with Crippen LogP contribution in [0.1, 0.15) is 42.9 Å². The average molecular weight is 430 g/mol. The van der Waals surface area contributed by atoms with Crippen LogP contribution in [0.25, 0.3) is 0 Å². The number of hydrogen-bond donors (Lipinski definition) is 1. The maximum Gasteiger partial charge on any atom is 0.240 e. The largest absolute Gasteiger partial charge is 0.497 e. The van der Waals surface area contributed by atoms with Gasteiger partial charge in [-0.05, 0) is 73.4 Å². The molecule has 2 aromatic rings. The molecular formula is C24H31NO4S. The van der Waals surface area contributed by atoms with E-state index < -0.39 is 10.0 Å². The van der Waals surface area contributed by atoms with Gasteiger partial charge in [-0.15, -0.1) is 0 Å². The molecular weight excluding hydrogens is 398 g/mol. The third-order valence-electron chi connectivity index (χ3n) is 7.04. The molecule has 30 heavy (non-hydrogen) atoms. The maximum atomic E-state index is 13.2. The Labute approximate surface area is 179 Å². The second-order valence-corrected chi connectivity index (χ2v) is 11.0. The van der Waals surface area contributed by atoms with E-state index >= 15 is 0 Å². The van der Waals surface area contributed by atoms with Crippen LogP contribution in [0.15, 0.2) is 47.4 Å². The first-order valence-corrected chi connectivity index (χ1v) is 12.0. The Balaban J connectivity index is 1.70. The highest BCUT2D eigenvalue weighted by Crippen LogP contribution is 2.55. The van der Waals surface area contributed by atoms with E-state index in [1.54, 1.807) is 26.4 Å². The van der Waals surface area contributed by atoms with Crippen molar-refractivity contribution in [3.05, 3.63) is 59.2 Å². The van der Waals surface area contributed by atoms with Crippen LogP contribution in [-0.2, 0) is 26.6 Å². The van der Waals surface area contributed by atoms with Gasteiger partial charge < -0.3 is 9.47 Å². The zero-order valence-corrected chi connectivity index (χ0v) is 19.0. The number of benzene rings is 2. The summed E-state index contributed by atoms with van der Waals surface area (Å²) in [5, 5.41) is 0. The highest BCUT2D eigenvalue weighted by molar-refractivity contribution is 7.89. The number of ether oxygens (including phenoxy) is 2. The van der Waals surface area contributed by atoms with Gasteiger partial charge in [0.1, 0.15) is 5.75 Å². The van der Waals surface area contributed by atoms with Gasteiger partial charge in [-0.1, -0.05) is 30.7 Å². The van der Waals surface area contributed by atoms with Crippen LogP contribution in [0.5, 0.6) is 5.75 Å². The summed E-state index contributed by atoms with van der Waals surface area (Å²) >= 11 is 0. The Kier molecular flexibility index (Phi) is 5.45. The van der Waals surface area contributed by atoms with Gasteiger partial charge in [-0.3, -0.25) is 0 Å². The third-order valence-corrected chi connectivity index (χ3v) is 8.52. The molecule has 2 bridgehead atoms. The van der Waals surface area contributed by atoms with E-state index in [4.69, 9.17) is 9.47 Å². The summed E-state index contributed by atoms with van der Waals surface area (Å²) in [6, 6.07) is 13.1. The van der Waals surface area contributed by atoms with Gasteiger partial charge in [0.15, 0.2) is 0 Å². The second kappa shape index (κ2) is 7.66. The number of rotatable bonds is 6. The molecule has 0 spiro atoms. The molecule has 1 N–H and O–H groups in total. The summed E-state index contributed by atoms with van der Waals surface area (Å²) in [4.78, 5) is 0.315. The van der Waals surface area contributed by atoms with E-state index in [9.17, 15) is 8.42 Å². The predicted octanol–water partition coefficient (Wildman–Crippen LogP) is 3.98. The minimum Gasteiger partial charge on any atom is -0.497 e. The van der Waals surface area contributed by atoms with Crippen molar-refractivity contribution in [2.75, 3.05) is 20.8 Å². The number of nitrogens with one attached hydrogen (secondary N) is 1. The maximum absolute atomic E-state index is 13.2.